The van der Waals surface area contributed by atoms with Crippen LogP contribution in [0, 0.1) is 17.6 Å². The van der Waals surface area contributed by atoms with Gasteiger partial charge in [0.1, 0.15) is 29.3 Å². The van der Waals surface area contributed by atoms with Crippen LogP contribution < -0.4 is 10.5 Å². The molecule has 11 heteroatoms. The van der Waals surface area contributed by atoms with Crippen molar-refractivity contribution in [3.05, 3.63) is 77.5 Å². The Kier molecular flexibility index (Phi) is 8.59. The number of imidazole rings is 1. The summed E-state index contributed by atoms with van der Waals surface area (Å²) in [5, 5.41) is 4.62. The summed E-state index contributed by atoms with van der Waals surface area (Å²) in [5.74, 6) is -0.294. The summed E-state index contributed by atoms with van der Waals surface area (Å²) < 4.78 is 43.4. The van der Waals surface area contributed by atoms with Crippen molar-refractivity contribution >= 4 is 11.4 Å². The fourth-order valence-electron chi connectivity index (χ4n) is 6.90. The van der Waals surface area contributed by atoms with Gasteiger partial charge >= 0.3 is 0 Å². The number of carbonyl (C=O) groups is 1. The molecule has 1 aliphatic carbocycles. The third-order valence-corrected chi connectivity index (χ3v) is 9.11. The number of rotatable bonds is 7. The van der Waals surface area contributed by atoms with Gasteiger partial charge in [0.05, 0.1) is 36.2 Å². The Labute approximate surface area is 255 Å². The van der Waals surface area contributed by atoms with E-state index in [-0.39, 0.29) is 52.9 Å². The number of nitrogens with zero attached hydrogens (tertiary/aromatic N) is 5. The highest BCUT2D eigenvalue weighted by Crippen LogP contribution is 2.39. The molecular formula is C33H38F2N6O3. The minimum atomic E-state index is -0.744. The van der Waals surface area contributed by atoms with E-state index >= 15 is 8.78 Å². The van der Waals surface area contributed by atoms with Crippen LogP contribution in [0.2, 0.25) is 0 Å². The number of amides is 1. The summed E-state index contributed by atoms with van der Waals surface area (Å²) >= 11 is 0. The molecule has 6 rings (SSSR count). The number of carbonyl (C=O) groups excluding carboxylic acids is 1. The predicted octanol–water partition coefficient (Wildman–Crippen LogP) is 4.91. The van der Waals surface area contributed by atoms with Crippen molar-refractivity contribution in [1.29, 1.82) is 0 Å². The molecule has 232 valence electrons. The molecule has 2 N–H and O–H groups in total. The van der Waals surface area contributed by atoms with Gasteiger partial charge in [0.15, 0.2) is 0 Å². The van der Waals surface area contributed by atoms with Crippen molar-refractivity contribution in [2.24, 2.45) is 11.7 Å². The Balaban J connectivity index is 1.26. The predicted molar refractivity (Wildman–Crippen MR) is 161 cm³/mol. The van der Waals surface area contributed by atoms with Gasteiger partial charge in [0.25, 0.3) is 0 Å². The molecule has 9 nitrogen and oxygen atoms in total. The number of aromatic nitrogens is 4. The van der Waals surface area contributed by atoms with E-state index in [1.165, 1.54) is 12.1 Å². The van der Waals surface area contributed by atoms with Crippen molar-refractivity contribution < 1.29 is 23.0 Å². The molecule has 4 heterocycles. The van der Waals surface area contributed by atoms with E-state index in [1.807, 2.05) is 19.3 Å². The Morgan fingerprint density at radius 3 is 2.59 bits per heavy atom. The lowest BCUT2D eigenvalue weighted by molar-refractivity contribution is -0.131. The maximum Gasteiger partial charge on any atom is 0.219 e. The molecular weight excluding hydrogens is 566 g/mol. The van der Waals surface area contributed by atoms with E-state index in [4.69, 9.17) is 15.2 Å². The molecule has 1 saturated heterocycles. The van der Waals surface area contributed by atoms with Crippen LogP contribution in [0.3, 0.4) is 0 Å². The van der Waals surface area contributed by atoms with Gasteiger partial charge in [-0.15, -0.1) is 0 Å². The molecule has 1 aliphatic heterocycles. The average Bonchev–Trinajstić information content (AvgIpc) is 3.39. The largest absolute Gasteiger partial charge is 0.490 e. The summed E-state index contributed by atoms with van der Waals surface area (Å²) in [6, 6.07) is 7.62. The maximum absolute atomic E-state index is 15.3. The van der Waals surface area contributed by atoms with Crippen molar-refractivity contribution in [2.75, 3.05) is 20.3 Å². The molecule has 2 fully saturated rings. The maximum atomic E-state index is 15.3. The molecule has 0 spiro atoms. The SMILES string of the molecule is CC(=O)N(C)[C@@H]1[C@H](N)C[C@H](c2ccncc2Cc2ncc3ccc(-c4c(F)cc(OC5CCOCC5)cc4F)nn23)C[C@@H]1C. The van der Waals surface area contributed by atoms with Gasteiger partial charge in [-0.3, -0.25) is 9.78 Å². The first-order chi connectivity index (χ1) is 21.2. The molecule has 4 atom stereocenters. The standard InChI is InChI=1S/C33H38F2N6O3/c1-19-12-21(13-29(36)33(19)40(3)20(2)42)26-6-9-37-17-22(26)14-31-38-18-23-4-5-30(39-41(23)31)32-27(34)15-25(16-28(32)35)44-24-7-10-43-11-8-24/h4-6,9,15-19,21,24,29,33H,7-8,10-14,36H2,1-3H3/t19-,21+,29+,33-/m0/s1. The van der Waals surface area contributed by atoms with Crippen molar-refractivity contribution in [3.8, 4) is 17.0 Å². The van der Waals surface area contributed by atoms with Crippen LogP contribution in [0.4, 0.5) is 8.78 Å². The minimum absolute atomic E-state index is 0.0115. The topological polar surface area (TPSA) is 108 Å². The lowest BCUT2D eigenvalue weighted by Gasteiger charge is -2.43. The lowest BCUT2D eigenvalue weighted by atomic mass is 9.72. The smallest absolute Gasteiger partial charge is 0.219 e. The van der Waals surface area contributed by atoms with Crippen molar-refractivity contribution in [3.63, 3.8) is 0 Å². The Morgan fingerprint density at radius 2 is 1.89 bits per heavy atom. The zero-order valence-corrected chi connectivity index (χ0v) is 25.2. The van der Waals surface area contributed by atoms with Crippen LogP contribution in [0.15, 0.2) is 48.9 Å². The van der Waals surface area contributed by atoms with Crippen LogP contribution in [0.1, 0.15) is 62.4 Å². The van der Waals surface area contributed by atoms with Crippen LogP contribution in [0.25, 0.3) is 16.8 Å². The third kappa shape index (κ3) is 6.03. The van der Waals surface area contributed by atoms with Crippen LogP contribution >= 0.6 is 0 Å². The Bertz CT molecular complexity index is 1620. The van der Waals surface area contributed by atoms with Crippen LogP contribution in [0.5, 0.6) is 5.75 Å². The van der Waals surface area contributed by atoms with E-state index < -0.39 is 11.6 Å². The second-order valence-electron chi connectivity index (χ2n) is 12.1. The molecule has 1 amide bonds. The van der Waals surface area contributed by atoms with Gasteiger partial charge in [-0.2, -0.15) is 5.10 Å². The molecule has 0 bridgehead atoms. The molecule has 1 saturated carbocycles. The number of ether oxygens (including phenoxy) is 2. The van der Waals surface area contributed by atoms with Crippen molar-refractivity contribution in [1.82, 2.24) is 24.5 Å². The van der Waals surface area contributed by atoms with E-state index in [9.17, 15) is 4.79 Å². The normalized spacial score (nSPS) is 22.7. The quantitative estimate of drug-likeness (QED) is 0.320. The Hall–Kier alpha value is -3.96. The van der Waals surface area contributed by atoms with E-state index in [0.29, 0.717) is 43.8 Å². The van der Waals surface area contributed by atoms with Gasteiger partial charge in [-0.1, -0.05) is 6.92 Å². The summed E-state index contributed by atoms with van der Waals surface area (Å²) in [4.78, 5) is 22.8. The van der Waals surface area contributed by atoms with E-state index in [1.54, 1.807) is 40.9 Å². The molecule has 4 aromatic rings. The highest BCUT2D eigenvalue weighted by atomic mass is 19.1. The number of nitrogens with two attached hydrogens (primary N) is 1. The molecule has 0 unspecified atom stereocenters. The molecule has 3 aromatic heterocycles. The number of fused-ring (bicyclic) bond motifs is 1. The summed E-state index contributed by atoms with van der Waals surface area (Å²) in [6.07, 6.45) is 8.57. The number of likely N-dealkylation sites (N-methyl/N-ethyl adjacent to an activating group) is 1. The van der Waals surface area contributed by atoms with E-state index in [2.05, 4.69) is 22.0 Å². The zero-order valence-electron chi connectivity index (χ0n) is 25.2. The molecule has 1 aromatic carbocycles. The van der Waals surface area contributed by atoms with Crippen molar-refractivity contribution in [2.45, 2.75) is 70.1 Å². The summed E-state index contributed by atoms with van der Waals surface area (Å²) in [6.45, 7) is 4.85. The second kappa shape index (κ2) is 12.6. The van der Waals surface area contributed by atoms with Gasteiger partial charge in [-0.05, 0) is 54.0 Å². The molecule has 44 heavy (non-hydrogen) atoms. The highest BCUT2D eigenvalue weighted by Gasteiger charge is 2.38. The first kappa shape index (κ1) is 30.1. The third-order valence-electron chi connectivity index (χ3n) is 9.11. The minimum Gasteiger partial charge on any atom is -0.490 e. The number of benzene rings is 1. The zero-order chi connectivity index (χ0) is 31.0. The first-order valence-electron chi connectivity index (χ1n) is 15.2. The number of hydrogen-bond donors (Lipinski definition) is 1. The number of pyridine rings is 1. The fourth-order valence-corrected chi connectivity index (χ4v) is 6.90. The number of hydrogen-bond acceptors (Lipinski definition) is 7. The van der Waals surface area contributed by atoms with E-state index in [0.717, 1.165) is 24.0 Å². The van der Waals surface area contributed by atoms with Crippen LogP contribution in [-0.4, -0.2) is 68.8 Å². The Morgan fingerprint density at radius 1 is 1.14 bits per heavy atom. The van der Waals surface area contributed by atoms with Gasteiger partial charge in [0, 0.05) is 69.8 Å². The second-order valence-corrected chi connectivity index (χ2v) is 12.1. The fraction of sp³-hybridized carbons (Fsp3) is 0.455. The first-order valence-corrected chi connectivity index (χ1v) is 15.2. The lowest BCUT2D eigenvalue weighted by Crippen LogP contribution is -2.54. The molecule has 0 radical (unpaired) electrons. The van der Waals surface area contributed by atoms with Crippen LogP contribution in [-0.2, 0) is 16.0 Å². The monoisotopic (exact) mass is 604 g/mol. The number of halogens is 2. The van der Waals surface area contributed by atoms with Gasteiger partial charge < -0.3 is 20.1 Å². The summed E-state index contributed by atoms with van der Waals surface area (Å²) in [7, 11) is 1.82. The van der Waals surface area contributed by atoms with Gasteiger partial charge in [-0.25, -0.2) is 18.3 Å². The highest BCUT2D eigenvalue weighted by molar-refractivity contribution is 5.73. The van der Waals surface area contributed by atoms with Gasteiger partial charge in [0.2, 0.25) is 5.91 Å². The summed E-state index contributed by atoms with van der Waals surface area (Å²) in [5.41, 5.74) is 9.41. The molecule has 2 aliphatic rings. The average molecular weight is 605 g/mol.